The van der Waals surface area contributed by atoms with Gasteiger partial charge in [0, 0.05) is 11.6 Å². The first-order chi connectivity index (χ1) is 11.7. The molecule has 0 aliphatic heterocycles. The van der Waals surface area contributed by atoms with Crippen LogP contribution in [0.3, 0.4) is 0 Å². The average Bonchev–Trinajstić information content (AvgIpc) is 2.61. The summed E-state index contributed by atoms with van der Waals surface area (Å²) in [5, 5.41) is 14.3. The van der Waals surface area contributed by atoms with Crippen LogP contribution in [0, 0.1) is 5.92 Å². The third-order valence-electron chi connectivity index (χ3n) is 4.75. The molecule has 0 amide bonds. The largest absolute Gasteiger partial charge is 0.497 e. The van der Waals surface area contributed by atoms with Crippen LogP contribution in [0.15, 0.2) is 42.5 Å². The van der Waals surface area contributed by atoms with Gasteiger partial charge in [0.2, 0.25) is 0 Å². The summed E-state index contributed by atoms with van der Waals surface area (Å²) >= 11 is 5.98. The molecule has 2 N–H and O–H groups in total. The van der Waals surface area contributed by atoms with Gasteiger partial charge in [-0.3, -0.25) is 0 Å². The maximum atomic E-state index is 10.3. The number of fused-ring (bicyclic) bond motifs is 1. The average molecular weight is 346 g/mol. The summed E-state index contributed by atoms with van der Waals surface area (Å²) in [6, 6.07) is 13.8. The topological polar surface area (TPSA) is 41.5 Å². The van der Waals surface area contributed by atoms with Gasteiger partial charge in [-0.15, -0.1) is 0 Å². The summed E-state index contributed by atoms with van der Waals surface area (Å²) in [6.07, 6.45) is 2.83. The van der Waals surface area contributed by atoms with Crippen LogP contribution in [-0.2, 0) is 12.8 Å². The van der Waals surface area contributed by atoms with E-state index in [1.54, 1.807) is 7.11 Å². The zero-order valence-corrected chi connectivity index (χ0v) is 14.7. The molecule has 2 aromatic rings. The molecule has 1 aliphatic carbocycles. The van der Waals surface area contributed by atoms with E-state index in [0.29, 0.717) is 17.5 Å². The number of ether oxygens (including phenoxy) is 1. The number of benzene rings is 2. The molecule has 0 aromatic heterocycles. The highest BCUT2D eigenvalue weighted by Crippen LogP contribution is 2.28. The Morgan fingerprint density at radius 2 is 2.12 bits per heavy atom. The molecule has 3 rings (SSSR count). The molecule has 1 aliphatic rings. The molecule has 0 heterocycles. The van der Waals surface area contributed by atoms with E-state index in [4.69, 9.17) is 16.3 Å². The summed E-state index contributed by atoms with van der Waals surface area (Å²) in [6.45, 7) is 1.45. The Kier molecular flexibility index (Phi) is 5.77. The molecule has 3 nitrogen and oxygen atoms in total. The molecule has 24 heavy (non-hydrogen) atoms. The lowest BCUT2D eigenvalue weighted by Gasteiger charge is -2.25. The third-order valence-corrected chi connectivity index (χ3v) is 4.98. The summed E-state index contributed by atoms with van der Waals surface area (Å²) in [7, 11) is 1.71. The van der Waals surface area contributed by atoms with Gasteiger partial charge in [0.1, 0.15) is 5.75 Å². The zero-order valence-electron chi connectivity index (χ0n) is 14.0. The van der Waals surface area contributed by atoms with Crippen LogP contribution >= 0.6 is 11.6 Å². The van der Waals surface area contributed by atoms with E-state index in [-0.39, 0.29) is 0 Å². The van der Waals surface area contributed by atoms with Crippen molar-refractivity contribution in [3.63, 3.8) is 0 Å². The highest BCUT2D eigenvalue weighted by molar-refractivity contribution is 6.30. The number of hydrogen-bond acceptors (Lipinski definition) is 3. The quantitative estimate of drug-likeness (QED) is 0.837. The van der Waals surface area contributed by atoms with Gasteiger partial charge in [0.25, 0.3) is 0 Å². The minimum atomic E-state index is -0.528. The maximum absolute atomic E-state index is 10.3. The van der Waals surface area contributed by atoms with Crippen LogP contribution in [0.1, 0.15) is 29.2 Å². The molecule has 0 bridgehead atoms. The van der Waals surface area contributed by atoms with E-state index in [0.717, 1.165) is 30.7 Å². The van der Waals surface area contributed by atoms with Crippen molar-refractivity contribution in [2.75, 3.05) is 20.2 Å². The number of aliphatic hydroxyl groups excluding tert-OH is 1. The Labute approximate surface area is 148 Å². The van der Waals surface area contributed by atoms with Crippen LogP contribution in [-0.4, -0.2) is 25.3 Å². The molecular weight excluding hydrogens is 322 g/mol. The maximum Gasteiger partial charge on any atom is 0.119 e. The fourth-order valence-corrected chi connectivity index (χ4v) is 3.56. The predicted molar refractivity (Wildman–Crippen MR) is 97.8 cm³/mol. The van der Waals surface area contributed by atoms with Crippen LogP contribution < -0.4 is 10.1 Å². The van der Waals surface area contributed by atoms with Crippen molar-refractivity contribution in [3.8, 4) is 5.75 Å². The van der Waals surface area contributed by atoms with E-state index < -0.39 is 6.10 Å². The Bertz CT molecular complexity index is 689. The van der Waals surface area contributed by atoms with Crippen LogP contribution in [0.5, 0.6) is 5.75 Å². The molecular formula is C20H24ClNO2. The standard InChI is InChI=1S/C20H24ClNO2/c1-24-19-8-7-15-6-5-14(9-17(15)11-19)12-22-13-20(23)16-3-2-4-18(21)10-16/h2-4,7-8,10-11,14,20,22-23H,5-6,9,12-13H2,1H3/t14-,20-/m0/s1. The van der Waals surface area contributed by atoms with Gasteiger partial charge in [-0.05, 0) is 72.7 Å². The van der Waals surface area contributed by atoms with Crippen LogP contribution in [0.2, 0.25) is 5.02 Å². The number of hydrogen-bond donors (Lipinski definition) is 2. The number of halogens is 1. The predicted octanol–water partition coefficient (Wildman–Crippen LogP) is 3.78. The van der Waals surface area contributed by atoms with Crippen molar-refractivity contribution in [2.45, 2.75) is 25.4 Å². The summed E-state index contributed by atoms with van der Waals surface area (Å²) in [5.41, 5.74) is 3.68. The Morgan fingerprint density at radius 1 is 1.25 bits per heavy atom. The van der Waals surface area contributed by atoms with Gasteiger partial charge in [-0.1, -0.05) is 29.8 Å². The highest BCUT2D eigenvalue weighted by atomic mass is 35.5. The Balaban J connectivity index is 1.50. The lowest BCUT2D eigenvalue weighted by Crippen LogP contribution is -2.30. The fraction of sp³-hybridized carbons (Fsp3) is 0.400. The van der Waals surface area contributed by atoms with Crippen LogP contribution in [0.4, 0.5) is 0 Å². The molecule has 0 radical (unpaired) electrons. The second-order valence-corrected chi connectivity index (χ2v) is 6.91. The number of aliphatic hydroxyl groups is 1. The number of aryl methyl sites for hydroxylation is 1. The van der Waals surface area contributed by atoms with E-state index in [1.165, 1.54) is 17.5 Å². The van der Waals surface area contributed by atoms with Gasteiger partial charge in [-0.25, -0.2) is 0 Å². The lowest BCUT2D eigenvalue weighted by molar-refractivity contribution is 0.172. The third kappa shape index (κ3) is 4.29. The SMILES string of the molecule is COc1ccc2c(c1)C[C@@H](CNC[C@H](O)c1cccc(Cl)c1)CC2. The molecule has 0 fully saturated rings. The molecule has 0 saturated carbocycles. The normalized spacial score (nSPS) is 18.0. The van der Waals surface area contributed by atoms with Crippen molar-refractivity contribution in [3.05, 3.63) is 64.2 Å². The summed E-state index contributed by atoms with van der Waals surface area (Å²) in [5.74, 6) is 1.52. The monoisotopic (exact) mass is 345 g/mol. The van der Waals surface area contributed by atoms with E-state index >= 15 is 0 Å². The van der Waals surface area contributed by atoms with Gasteiger partial charge in [-0.2, -0.15) is 0 Å². The first kappa shape index (κ1) is 17.3. The van der Waals surface area contributed by atoms with Crippen molar-refractivity contribution in [1.29, 1.82) is 0 Å². The Hall–Kier alpha value is -1.55. The van der Waals surface area contributed by atoms with E-state index in [1.807, 2.05) is 30.3 Å². The second kappa shape index (κ2) is 8.02. The van der Waals surface area contributed by atoms with Crippen molar-refractivity contribution in [1.82, 2.24) is 5.32 Å². The lowest BCUT2D eigenvalue weighted by atomic mass is 9.83. The van der Waals surface area contributed by atoms with Crippen LogP contribution in [0.25, 0.3) is 0 Å². The minimum absolute atomic E-state index is 0.528. The fourth-order valence-electron chi connectivity index (χ4n) is 3.37. The molecule has 4 heteroatoms. The van der Waals surface area contributed by atoms with Crippen molar-refractivity contribution < 1.29 is 9.84 Å². The number of methoxy groups -OCH3 is 1. The first-order valence-electron chi connectivity index (χ1n) is 8.45. The zero-order chi connectivity index (χ0) is 16.9. The number of rotatable bonds is 6. The van der Waals surface area contributed by atoms with Gasteiger partial charge >= 0.3 is 0 Å². The highest BCUT2D eigenvalue weighted by Gasteiger charge is 2.19. The van der Waals surface area contributed by atoms with Gasteiger partial charge < -0.3 is 15.2 Å². The molecule has 0 saturated heterocycles. The minimum Gasteiger partial charge on any atom is -0.497 e. The van der Waals surface area contributed by atoms with Gasteiger partial charge in [0.15, 0.2) is 0 Å². The van der Waals surface area contributed by atoms with E-state index in [9.17, 15) is 5.11 Å². The molecule has 2 aromatic carbocycles. The molecule has 2 atom stereocenters. The second-order valence-electron chi connectivity index (χ2n) is 6.47. The molecule has 0 unspecified atom stereocenters. The first-order valence-corrected chi connectivity index (χ1v) is 8.83. The van der Waals surface area contributed by atoms with Gasteiger partial charge in [0.05, 0.1) is 13.2 Å². The summed E-state index contributed by atoms with van der Waals surface area (Å²) < 4.78 is 5.33. The van der Waals surface area contributed by atoms with E-state index in [2.05, 4.69) is 17.4 Å². The van der Waals surface area contributed by atoms with Crippen molar-refractivity contribution >= 4 is 11.6 Å². The van der Waals surface area contributed by atoms with Crippen molar-refractivity contribution in [2.24, 2.45) is 5.92 Å². The molecule has 128 valence electrons. The molecule has 0 spiro atoms. The summed E-state index contributed by atoms with van der Waals surface area (Å²) in [4.78, 5) is 0. The smallest absolute Gasteiger partial charge is 0.119 e. The Morgan fingerprint density at radius 3 is 2.92 bits per heavy atom. The number of nitrogens with one attached hydrogen (secondary N) is 1.